The molecule has 1 fully saturated rings. The number of piperidine rings is 1. The second-order valence-electron chi connectivity index (χ2n) is 7.51. The predicted molar refractivity (Wildman–Crippen MR) is 106 cm³/mol. The maximum Gasteiger partial charge on any atom is 0.216 e. The molecule has 144 valence electrons. The van der Waals surface area contributed by atoms with Gasteiger partial charge in [0.15, 0.2) is 5.82 Å². The van der Waals surface area contributed by atoms with Crippen LogP contribution in [-0.2, 0) is 28.6 Å². The zero-order chi connectivity index (χ0) is 18.7. The molecule has 2 aromatic rings. The van der Waals surface area contributed by atoms with E-state index in [4.69, 9.17) is 0 Å². The number of nitrogens with one attached hydrogen (secondary N) is 1. The first-order valence-electron chi connectivity index (χ1n) is 9.73. The third kappa shape index (κ3) is 4.65. The first-order valence-corrected chi connectivity index (χ1v) is 11.4. The number of sulfonamides is 1. The Hall–Kier alpha value is -1.99. The Morgan fingerprint density at radius 2 is 1.78 bits per heavy atom. The van der Waals surface area contributed by atoms with Gasteiger partial charge >= 0.3 is 0 Å². The van der Waals surface area contributed by atoms with Crippen molar-refractivity contribution < 1.29 is 8.42 Å². The fourth-order valence-electron chi connectivity index (χ4n) is 3.95. The molecule has 1 saturated heterocycles. The Balaban J connectivity index is 1.33. The van der Waals surface area contributed by atoms with Crippen molar-refractivity contribution in [3.63, 3.8) is 0 Å². The van der Waals surface area contributed by atoms with Crippen molar-refractivity contribution >= 4 is 15.8 Å². The van der Waals surface area contributed by atoms with Crippen LogP contribution in [0.2, 0.25) is 0 Å². The molecule has 1 aromatic heterocycles. The molecule has 4 rings (SSSR count). The number of fused-ring (bicyclic) bond motifs is 1. The predicted octanol–water partition coefficient (Wildman–Crippen LogP) is 2.44. The number of hydrogen-bond acceptors (Lipinski definition) is 5. The van der Waals surface area contributed by atoms with Gasteiger partial charge in [0.1, 0.15) is 0 Å². The maximum atomic E-state index is 12.4. The fourth-order valence-corrected chi connectivity index (χ4v) is 5.41. The minimum Gasteiger partial charge on any atom is -0.355 e. The molecule has 1 aromatic carbocycles. The van der Waals surface area contributed by atoms with Crippen molar-refractivity contribution in [3.05, 3.63) is 53.2 Å². The van der Waals surface area contributed by atoms with Gasteiger partial charge in [-0.05, 0) is 55.7 Å². The first kappa shape index (κ1) is 18.4. The van der Waals surface area contributed by atoms with Crippen LogP contribution in [0.15, 0.2) is 36.4 Å². The largest absolute Gasteiger partial charge is 0.355 e. The third-order valence-corrected chi connectivity index (χ3v) is 6.83. The van der Waals surface area contributed by atoms with E-state index in [0.29, 0.717) is 0 Å². The highest BCUT2D eigenvalue weighted by molar-refractivity contribution is 7.88. The summed E-state index contributed by atoms with van der Waals surface area (Å²) in [5.74, 6) is 0.964. The minimum absolute atomic E-state index is 0.0134. The van der Waals surface area contributed by atoms with E-state index < -0.39 is 10.0 Å². The second kappa shape index (κ2) is 7.94. The van der Waals surface area contributed by atoms with Gasteiger partial charge in [0.25, 0.3) is 0 Å². The van der Waals surface area contributed by atoms with Crippen molar-refractivity contribution in [1.29, 1.82) is 0 Å². The second-order valence-corrected chi connectivity index (χ2v) is 9.26. The van der Waals surface area contributed by atoms with Crippen LogP contribution >= 0.6 is 0 Å². The molecule has 6 nitrogen and oxygen atoms in total. The molecule has 0 unspecified atom stereocenters. The van der Waals surface area contributed by atoms with Crippen LogP contribution in [0.25, 0.3) is 0 Å². The van der Waals surface area contributed by atoms with Crippen LogP contribution in [0, 0.1) is 0 Å². The van der Waals surface area contributed by atoms with Crippen LogP contribution < -0.4 is 9.62 Å². The molecule has 7 heteroatoms. The summed E-state index contributed by atoms with van der Waals surface area (Å²) < 4.78 is 27.7. The molecule has 1 aliphatic heterocycles. The molecule has 2 aliphatic rings. The normalized spacial score (nSPS) is 18.3. The van der Waals surface area contributed by atoms with Crippen molar-refractivity contribution in [2.75, 3.05) is 18.0 Å². The van der Waals surface area contributed by atoms with E-state index in [1.165, 1.54) is 18.4 Å². The monoisotopic (exact) mass is 386 g/mol. The Kier molecular flexibility index (Phi) is 5.41. The van der Waals surface area contributed by atoms with Gasteiger partial charge in [-0.1, -0.05) is 30.3 Å². The van der Waals surface area contributed by atoms with Gasteiger partial charge in [-0.15, -0.1) is 5.10 Å². The summed E-state index contributed by atoms with van der Waals surface area (Å²) in [6, 6.07) is 11.5. The summed E-state index contributed by atoms with van der Waals surface area (Å²) in [4.78, 5) is 2.23. The van der Waals surface area contributed by atoms with Gasteiger partial charge in [-0.25, -0.2) is 13.1 Å². The molecular formula is C20H26N4O2S. The van der Waals surface area contributed by atoms with Gasteiger partial charge in [-0.2, -0.15) is 5.10 Å². The molecule has 0 spiro atoms. The summed E-state index contributed by atoms with van der Waals surface area (Å²) in [5.41, 5.74) is 3.29. The lowest BCUT2D eigenvalue weighted by molar-refractivity contribution is 0.457. The highest BCUT2D eigenvalue weighted by atomic mass is 32.2. The Morgan fingerprint density at radius 3 is 2.56 bits per heavy atom. The van der Waals surface area contributed by atoms with Crippen molar-refractivity contribution in [1.82, 2.24) is 14.9 Å². The number of nitrogens with zero attached hydrogens (tertiary/aromatic N) is 3. The molecular weight excluding hydrogens is 360 g/mol. The quantitative estimate of drug-likeness (QED) is 0.854. The van der Waals surface area contributed by atoms with E-state index in [0.717, 1.165) is 55.8 Å². The Bertz CT molecular complexity index is 878. The average Bonchev–Trinajstić information content (AvgIpc) is 2.68. The summed E-state index contributed by atoms with van der Waals surface area (Å²) in [6.07, 6.45) is 6.13. The number of aromatic nitrogens is 2. The van der Waals surface area contributed by atoms with Gasteiger partial charge in [-0.3, -0.25) is 0 Å². The topological polar surface area (TPSA) is 75.2 Å². The van der Waals surface area contributed by atoms with Gasteiger partial charge in [0.05, 0.1) is 11.4 Å². The lowest BCUT2D eigenvalue weighted by Crippen LogP contribution is -2.45. The lowest BCUT2D eigenvalue weighted by Gasteiger charge is -2.33. The molecule has 2 heterocycles. The number of aryl methyl sites for hydroxylation is 2. The molecule has 0 radical (unpaired) electrons. The summed E-state index contributed by atoms with van der Waals surface area (Å²) in [6.45, 7) is 1.60. The van der Waals surface area contributed by atoms with Crippen molar-refractivity contribution in [2.45, 2.75) is 50.3 Å². The van der Waals surface area contributed by atoms with Crippen LogP contribution in [0.4, 0.5) is 5.82 Å². The van der Waals surface area contributed by atoms with E-state index >= 15 is 0 Å². The molecule has 0 atom stereocenters. The highest BCUT2D eigenvalue weighted by Gasteiger charge is 2.25. The van der Waals surface area contributed by atoms with E-state index in [-0.39, 0.29) is 11.8 Å². The number of rotatable bonds is 5. The van der Waals surface area contributed by atoms with Gasteiger partial charge < -0.3 is 4.90 Å². The van der Waals surface area contributed by atoms with Crippen molar-refractivity contribution in [3.8, 4) is 0 Å². The van der Waals surface area contributed by atoms with E-state index in [1.807, 2.05) is 30.3 Å². The Morgan fingerprint density at radius 1 is 1.04 bits per heavy atom. The summed E-state index contributed by atoms with van der Waals surface area (Å²) in [5, 5.41) is 8.82. The SMILES string of the molecule is O=S(=O)(Cc1ccccc1)NC1CCN(c2cc3c(nn2)CCCC3)CC1. The maximum absolute atomic E-state index is 12.4. The average molecular weight is 387 g/mol. The van der Waals surface area contributed by atoms with E-state index in [2.05, 4.69) is 25.9 Å². The zero-order valence-electron chi connectivity index (χ0n) is 15.5. The van der Waals surface area contributed by atoms with E-state index in [1.54, 1.807) is 0 Å². The molecule has 0 saturated carbocycles. The molecule has 0 amide bonds. The molecule has 1 aliphatic carbocycles. The highest BCUT2D eigenvalue weighted by Crippen LogP contribution is 2.24. The van der Waals surface area contributed by atoms with Crippen LogP contribution in [0.5, 0.6) is 0 Å². The lowest BCUT2D eigenvalue weighted by atomic mass is 9.96. The van der Waals surface area contributed by atoms with Crippen LogP contribution in [-0.4, -0.2) is 37.7 Å². The van der Waals surface area contributed by atoms with Gasteiger partial charge in [0, 0.05) is 19.1 Å². The standard InChI is InChI=1S/C20H26N4O2S/c25-27(26,15-16-6-2-1-3-7-16)23-18-10-12-24(13-11-18)20-14-17-8-4-5-9-19(17)21-22-20/h1-3,6-7,14,18,23H,4-5,8-13,15H2. The van der Waals surface area contributed by atoms with Crippen molar-refractivity contribution in [2.24, 2.45) is 0 Å². The smallest absolute Gasteiger partial charge is 0.216 e. The van der Waals surface area contributed by atoms with Crippen LogP contribution in [0.3, 0.4) is 0 Å². The zero-order valence-corrected chi connectivity index (χ0v) is 16.3. The van der Waals surface area contributed by atoms with E-state index in [9.17, 15) is 8.42 Å². The van der Waals surface area contributed by atoms with Crippen LogP contribution in [0.1, 0.15) is 42.5 Å². The summed E-state index contributed by atoms with van der Waals surface area (Å²) in [7, 11) is -3.32. The van der Waals surface area contributed by atoms with Gasteiger partial charge in [0.2, 0.25) is 10.0 Å². The number of hydrogen-bond donors (Lipinski definition) is 1. The molecule has 27 heavy (non-hydrogen) atoms. The molecule has 0 bridgehead atoms. The fraction of sp³-hybridized carbons (Fsp3) is 0.500. The Labute approximate surface area is 161 Å². The summed E-state index contributed by atoms with van der Waals surface area (Å²) >= 11 is 0. The number of benzene rings is 1. The first-order chi connectivity index (χ1) is 13.1. The molecule has 1 N–H and O–H groups in total. The number of anilines is 1. The third-order valence-electron chi connectivity index (χ3n) is 5.42. The minimum atomic E-state index is -3.32.